The van der Waals surface area contributed by atoms with Gasteiger partial charge in [0.25, 0.3) is 5.91 Å². The first-order chi connectivity index (χ1) is 11.6. The van der Waals surface area contributed by atoms with Gasteiger partial charge in [-0.25, -0.2) is 4.79 Å². The SMILES string of the molecule is Cc1ccccc1OCC(=O)OCC(=O)N1CCc2sccc2C1. The molecule has 2 heterocycles. The molecule has 126 valence electrons. The lowest BCUT2D eigenvalue weighted by atomic mass is 10.1. The Balaban J connectivity index is 1.43. The van der Waals surface area contributed by atoms with Crippen LogP contribution in [0.3, 0.4) is 0 Å². The molecule has 0 spiro atoms. The van der Waals surface area contributed by atoms with Crippen LogP contribution in [0.15, 0.2) is 35.7 Å². The van der Waals surface area contributed by atoms with Crippen LogP contribution >= 0.6 is 11.3 Å². The van der Waals surface area contributed by atoms with Gasteiger partial charge in [-0.3, -0.25) is 4.79 Å². The number of ether oxygens (including phenoxy) is 2. The summed E-state index contributed by atoms with van der Waals surface area (Å²) >= 11 is 1.72. The highest BCUT2D eigenvalue weighted by molar-refractivity contribution is 7.10. The summed E-state index contributed by atoms with van der Waals surface area (Å²) in [5, 5.41) is 2.04. The number of rotatable bonds is 5. The Labute approximate surface area is 144 Å². The Hall–Kier alpha value is -2.34. The van der Waals surface area contributed by atoms with E-state index in [2.05, 4.69) is 0 Å². The van der Waals surface area contributed by atoms with Crippen molar-refractivity contribution < 1.29 is 19.1 Å². The number of amides is 1. The molecule has 5 nitrogen and oxygen atoms in total. The van der Waals surface area contributed by atoms with E-state index in [9.17, 15) is 9.59 Å². The molecule has 1 aliphatic heterocycles. The van der Waals surface area contributed by atoms with E-state index in [0.29, 0.717) is 18.8 Å². The summed E-state index contributed by atoms with van der Waals surface area (Å²) in [5.74, 6) is -0.0716. The Morgan fingerprint density at radius 2 is 2.04 bits per heavy atom. The fourth-order valence-electron chi connectivity index (χ4n) is 2.59. The smallest absolute Gasteiger partial charge is 0.344 e. The van der Waals surface area contributed by atoms with Gasteiger partial charge in [-0.15, -0.1) is 11.3 Å². The van der Waals surface area contributed by atoms with Crippen LogP contribution < -0.4 is 4.74 Å². The lowest BCUT2D eigenvalue weighted by molar-refractivity contribution is -0.154. The maximum absolute atomic E-state index is 12.2. The molecular weight excluding hydrogens is 326 g/mol. The van der Waals surface area contributed by atoms with Gasteiger partial charge in [-0.1, -0.05) is 18.2 Å². The highest BCUT2D eigenvalue weighted by atomic mass is 32.1. The topological polar surface area (TPSA) is 55.8 Å². The molecule has 0 radical (unpaired) electrons. The van der Waals surface area contributed by atoms with Crippen molar-refractivity contribution >= 4 is 23.2 Å². The summed E-state index contributed by atoms with van der Waals surface area (Å²) in [7, 11) is 0. The standard InChI is InChI=1S/C18H19NO4S/c1-13-4-2-3-5-15(13)22-12-18(21)23-11-17(20)19-8-6-16-14(10-19)7-9-24-16/h2-5,7,9H,6,8,10-12H2,1H3. The fourth-order valence-corrected chi connectivity index (χ4v) is 3.48. The maximum Gasteiger partial charge on any atom is 0.344 e. The predicted molar refractivity (Wildman–Crippen MR) is 91.1 cm³/mol. The highest BCUT2D eigenvalue weighted by Crippen LogP contribution is 2.24. The number of fused-ring (bicyclic) bond motifs is 1. The zero-order chi connectivity index (χ0) is 16.9. The number of carbonyl (C=O) groups excluding carboxylic acids is 2. The van der Waals surface area contributed by atoms with Gasteiger partial charge >= 0.3 is 5.97 Å². The molecule has 3 rings (SSSR count). The number of para-hydroxylation sites is 1. The van der Waals surface area contributed by atoms with E-state index in [-0.39, 0.29) is 19.1 Å². The number of aryl methyl sites for hydroxylation is 1. The predicted octanol–water partition coefficient (Wildman–Crippen LogP) is 2.56. The molecule has 0 unspecified atom stereocenters. The number of hydrogen-bond donors (Lipinski definition) is 0. The molecule has 0 N–H and O–H groups in total. The van der Waals surface area contributed by atoms with Crippen LogP contribution in [0.4, 0.5) is 0 Å². The van der Waals surface area contributed by atoms with Gasteiger partial charge in [-0.05, 0) is 42.0 Å². The second kappa shape index (κ2) is 7.49. The van der Waals surface area contributed by atoms with Gasteiger partial charge in [0.15, 0.2) is 13.2 Å². The van der Waals surface area contributed by atoms with Crippen molar-refractivity contribution in [3.05, 3.63) is 51.7 Å². The third-order valence-corrected chi connectivity index (χ3v) is 4.98. The first-order valence-corrected chi connectivity index (χ1v) is 8.68. The van der Waals surface area contributed by atoms with Crippen LogP contribution in [0.5, 0.6) is 5.75 Å². The molecule has 0 atom stereocenters. The second-order valence-corrected chi connectivity index (χ2v) is 6.65. The molecule has 0 saturated heterocycles. The first kappa shape index (κ1) is 16.5. The monoisotopic (exact) mass is 345 g/mol. The molecule has 0 bridgehead atoms. The number of carbonyl (C=O) groups is 2. The summed E-state index contributed by atoms with van der Waals surface area (Å²) in [6.07, 6.45) is 0.864. The third-order valence-electron chi connectivity index (χ3n) is 3.96. The van der Waals surface area contributed by atoms with Crippen molar-refractivity contribution in [1.82, 2.24) is 4.90 Å². The van der Waals surface area contributed by atoms with Crippen LogP contribution in [0.2, 0.25) is 0 Å². The number of nitrogens with zero attached hydrogens (tertiary/aromatic N) is 1. The van der Waals surface area contributed by atoms with Crippen LogP contribution in [0, 0.1) is 6.92 Å². The van der Waals surface area contributed by atoms with E-state index in [1.807, 2.05) is 36.6 Å². The van der Waals surface area contributed by atoms with E-state index in [4.69, 9.17) is 9.47 Å². The van der Waals surface area contributed by atoms with Crippen molar-refractivity contribution in [3.8, 4) is 5.75 Å². The molecule has 0 aliphatic carbocycles. The highest BCUT2D eigenvalue weighted by Gasteiger charge is 2.22. The van der Waals surface area contributed by atoms with Crippen LogP contribution in [0.1, 0.15) is 16.0 Å². The van der Waals surface area contributed by atoms with Gasteiger partial charge in [0.05, 0.1) is 0 Å². The normalized spacial score (nSPS) is 13.3. The Kier molecular flexibility index (Phi) is 5.15. The summed E-state index contributed by atoms with van der Waals surface area (Å²) in [6, 6.07) is 9.48. The van der Waals surface area contributed by atoms with E-state index < -0.39 is 5.97 Å². The maximum atomic E-state index is 12.2. The van der Waals surface area contributed by atoms with Crippen LogP contribution in [-0.2, 0) is 27.3 Å². The molecule has 6 heteroatoms. The van der Waals surface area contributed by atoms with Gasteiger partial charge in [0, 0.05) is 18.0 Å². The lowest BCUT2D eigenvalue weighted by Crippen LogP contribution is -2.38. The molecule has 24 heavy (non-hydrogen) atoms. The molecule has 2 aromatic rings. The van der Waals surface area contributed by atoms with Crippen molar-refractivity contribution in [2.24, 2.45) is 0 Å². The molecule has 1 aliphatic rings. The van der Waals surface area contributed by atoms with E-state index in [1.165, 1.54) is 10.4 Å². The van der Waals surface area contributed by atoms with Gasteiger partial charge < -0.3 is 14.4 Å². The van der Waals surface area contributed by atoms with Crippen LogP contribution in [-0.4, -0.2) is 36.5 Å². The minimum Gasteiger partial charge on any atom is -0.482 e. The molecule has 0 fully saturated rings. The lowest BCUT2D eigenvalue weighted by Gasteiger charge is -2.26. The van der Waals surface area contributed by atoms with Crippen molar-refractivity contribution in [1.29, 1.82) is 0 Å². The van der Waals surface area contributed by atoms with E-state index >= 15 is 0 Å². The van der Waals surface area contributed by atoms with Crippen molar-refractivity contribution in [3.63, 3.8) is 0 Å². The number of benzene rings is 1. The summed E-state index contributed by atoms with van der Waals surface area (Å²) < 4.78 is 10.4. The van der Waals surface area contributed by atoms with E-state index in [0.717, 1.165) is 12.0 Å². The second-order valence-electron chi connectivity index (χ2n) is 5.65. The quantitative estimate of drug-likeness (QED) is 0.782. The van der Waals surface area contributed by atoms with Gasteiger partial charge in [0.1, 0.15) is 5.75 Å². The average Bonchev–Trinajstić information content (AvgIpc) is 3.06. The van der Waals surface area contributed by atoms with Crippen molar-refractivity contribution in [2.45, 2.75) is 19.9 Å². The fraction of sp³-hybridized carbons (Fsp3) is 0.333. The summed E-state index contributed by atoms with van der Waals surface area (Å²) in [5.41, 5.74) is 2.13. The molecule has 0 saturated carbocycles. The summed E-state index contributed by atoms with van der Waals surface area (Å²) in [4.78, 5) is 27.0. The molecular formula is C18H19NO4S. The number of hydrogen-bond acceptors (Lipinski definition) is 5. The van der Waals surface area contributed by atoms with Gasteiger partial charge in [-0.2, -0.15) is 0 Å². The largest absolute Gasteiger partial charge is 0.482 e. The molecule has 1 aromatic carbocycles. The zero-order valence-electron chi connectivity index (χ0n) is 13.5. The Morgan fingerprint density at radius 3 is 2.88 bits per heavy atom. The summed E-state index contributed by atoms with van der Waals surface area (Å²) in [6.45, 7) is 2.72. The van der Waals surface area contributed by atoms with Crippen molar-refractivity contribution in [2.75, 3.05) is 19.8 Å². The average molecular weight is 345 g/mol. The zero-order valence-corrected chi connectivity index (χ0v) is 14.3. The number of esters is 1. The third kappa shape index (κ3) is 3.94. The Morgan fingerprint density at radius 1 is 1.21 bits per heavy atom. The minimum atomic E-state index is -0.542. The number of thiophene rings is 1. The molecule has 1 aromatic heterocycles. The van der Waals surface area contributed by atoms with Gasteiger partial charge in [0.2, 0.25) is 0 Å². The first-order valence-electron chi connectivity index (χ1n) is 7.80. The van der Waals surface area contributed by atoms with E-state index in [1.54, 1.807) is 22.3 Å². The van der Waals surface area contributed by atoms with Crippen LogP contribution in [0.25, 0.3) is 0 Å². The minimum absolute atomic E-state index is 0.170. The molecule has 1 amide bonds. The Bertz CT molecular complexity index is 740.